The first-order valence-corrected chi connectivity index (χ1v) is 13.6. The number of rotatable bonds is 6. The zero-order valence-corrected chi connectivity index (χ0v) is 21.1. The number of hydrogen-bond acceptors (Lipinski definition) is 5. The number of anilines is 1. The van der Waals surface area contributed by atoms with E-state index >= 15 is 0 Å². The van der Waals surface area contributed by atoms with Gasteiger partial charge in [0, 0.05) is 26.2 Å². The van der Waals surface area contributed by atoms with Crippen LogP contribution in [0.15, 0.2) is 47.4 Å². The molecule has 8 nitrogen and oxygen atoms in total. The lowest BCUT2D eigenvalue weighted by atomic mass is 10.0. The van der Waals surface area contributed by atoms with Crippen LogP contribution in [0.4, 0.5) is 5.69 Å². The number of ether oxygens (including phenoxy) is 1. The molecule has 2 aromatic carbocycles. The fourth-order valence-corrected chi connectivity index (χ4v) is 6.13. The van der Waals surface area contributed by atoms with Crippen LogP contribution < -0.4 is 10.1 Å². The number of likely N-dealkylation sites (tertiary alicyclic amines) is 1. The average Bonchev–Trinajstić information content (AvgIpc) is 2.89. The number of carbonyl (C=O) groups is 2. The van der Waals surface area contributed by atoms with E-state index in [2.05, 4.69) is 12.2 Å². The van der Waals surface area contributed by atoms with Crippen molar-refractivity contribution in [2.45, 2.75) is 43.9 Å². The number of methoxy groups -OCH3 is 1. The lowest BCUT2D eigenvalue weighted by Gasteiger charge is -2.29. The zero-order valence-electron chi connectivity index (χ0n) is 20.3. The number of nitrogens with one attached hydrogen (secondary N) is 1. The van der Waals surface area contributed by atoms with E-state index < -0.39 is 15.9 Å². The van der Waals surface area contributed by atoms with Crippen LogP contribution in [0.3, 0.4) is 0 Å². The molecule has 1 N–H and O–H groups in total. The zero-order chi connectivity index (χ0) is 25.0. The van der Waals surface area contributed by atoms with Gasteiger partial charge in [-0.25, -0.2) is 8.42 Å². The Kier molecular flexibility index (Phi) is 7.76. The van der Waals surface area contributed by atoms with Crippen LogP contribution in [0.1, 0.15) is 59.7 Å². The highest BCUT2D eigenvalue weighted by atomic mass is 32.2. The molecule has 0 unspecified atom stereocenters. The molecular weight excluding hydrogens is 466 g/mol. The standard InChI is InChI=1S/C26H33N3O5S/c1-19-12-16-29(17-13-19)35(32,33)20-10-11-24(34-2)22(18-20)25(30)27-23-9-5-4-8-21(23)26(31)28-14-6-3-7-15-28/h4-5,8-11,18-19H,3,6-7,12-17H2,1-2H3,(H,27,30). The second-order valence-corrected chi connectivity index (χ2v) is 11.2. The Morgan fingerprint density at radius 1 is 0.943 bits per heavy atom. The first-order valence-electron chi connectivity index (χ1n) is 12.2. The molecule has 0 spiro atoms. The average molecular weight is 500 g/mol. The Hall–Kier alpha value is -2.91. The van der Waals surface area contributed by atoms with Crippen LogP contribution in [0, 0.1) is 5.92 Å². The summed E-state index contributed by atoms with van der Waals surface area (Å²) < 4.78 is 33.3. The van der Waals surface area contributed by atoms with Gasteiger partial charge in [0.05, 0.1) is 28.8 Å². The first-order chi connectivity index (χ1) is 16.8. The number of amides is 2. The largest absolute Gasteiger partial charge is 0.496 e. The Morgan fingerprint density at radius 2 is 1.63 bits per heavy atom. The fraction of sp³-hybridized carbons (Fsp3) is 0.462. The summed E-state index contributed by atoms with van der Waals surface area (Å²) >= 11 is 0. The predicted molar refractivity (Wildman–Crippen MR) is 134 cm³/mol. The summed E-state index contributed by atoms with van der Waals surface area (Å²) in [5, 5.41) is 2.81. The SMILES string of the molecule is COc1ccc(S(=O)(=O)N2CCC(C)CC2)cc1C(=O)Nc1ccccc1C(=O)N1CCCCC1. The topological polar surface area (TPSA) is 96.0 Å². The minimum absolute atomic E-state index is 0.0516. The van der Waals surface area contributed by atoms with Crippen LogP contribution in [-0.4, -0.2) is 62.7 Å². The minimum atomic E-state index is -3.74. The maximum Gasteiger partial charge on any atom is 0.259 e. The van der Waals surface area contributed by atoms with Crippen molar-refractivity contribution in [3.8, 4) is 5.75 Å². The van der Waals surface area contributed by atoms with Gasteiger partial charge in [0.15, 0.2) is 0 Å². The molecule has 2 saturated heterocycles. The molecule has 0 aromatic heterocycles. The molecule has 0 bridgehead atoms. The molecule has 2 aliphatic rings. The molecule has 2 heterocycles. The lowest BCUT2D eigenvalue weighted by molar-refractivity contribution is 0.0725. The summed E-state index contributed by atoms with van der Waals surface area (Å²) in [7, 11) is -2.31. The van der Waals surface area contributed by atoms with Gasteiger partial charge < -0.3 is 15.0 Å². The Balaban J connectivity index is 1.60. The maximum atomic E-state index is 13.3. The molecule has 0 saturated carbocycles. The van der Waals surface area contributed by atoms with E-state index in [4.69, 9.17) is 4.74 Å². The minimum Gasteiger partial charge on any atom is -0.496 e. The quantitative estimate of drug-likeness (QED) is 0.648. The highest BCUT2D eigenvalue weighted by Gasteiger charge is 2.30. The van der Waals surface area contributed by atoms with Crippen molar-refractivity contribution in [1.29, 1.82) is 0 Å². The van der Waals surface area contributed by atoms with Crippen molar-refractivity contribution in [1.82, 2.24) is 9.21 Å². The maximum absolute atomic E-state index is 13.3. The van der Waals surface area contributed by atoms with Gasteiger partial charge in [-0.2, -0.15) is 4.31 Å². The van der Waals surface area contributed by atoms with Crippen molar-refractivity contribution < 1.29 is 22.7 Å². The summed E-state index contributed by atoms with van der Waals surface area (Å²) in [6.07, 6.45) is 4.66. The molecular formula is C26H33N3O5S. The van der Waals surface area contributed by atoms with Gasteiger partial charge in [0.25, 0.3) is 11.8 Å². The van der Waals surface area contributed by atoms with E-state index in [-0.39, 0.29) is 22.1 Å². The van der Waals surface area contributed by atoms with Gasteiger partial charge in [0.1, 0.15) is 5.75 Å². The van der Waals surface area contributed by atoms with Gasteiger partial charge in [0.2, 0.25) is 10.0 Å². The Morgan fingerprint density at radius 3 is 2.31 bits per heavy atom. The van der Waals surface area contributed by atoms with Crippen LogP contribution in [-0.2, 0) is 10.0 Å². The molecule has 2 aromatic rings. The Labute approximate surface area is 207 Å². The molecule has 9 heteroatoms. The number of sulfonamides is 1. The van der Waals surface area contributed by atoms with E-state index in [0.29, 0.717) is 43.3 Å². The number of benzene rings is 2. The highest BCUT2D eigenvalue weighted by molar-refractivity contribution is 7.89. The number of para-hydroxylation sites is 1. The normalized spacial score (nSPS) is 17.7. The van der Waals surface area contributed by atoms with E-state index in [0.717, 1.165) is 32.1 Å². The van der Waals surface area contributed by atoms with Gasteiger partial charge >= 0.3 is 0 Å². The second kappa shape index (κ2) is 10.8. The first kappa shape index (κ1) is 25.2. The molecule has 0 atom stereocenters. The summed E-state index contributed by atoms with van der Waals surface area (Å²) in [4.78, 5) is 28.3. The fourth-order valence-electron chi connectivity index (χ4n) is 4.63. The number of carbonyl (C=O) groups excluding carboxylic acids is 2. The molecule has 2 amide bonds. The van der Waals surface area contributed by atoms with Crippen molar-refractivity contribution in [3.05, 3.63) is 53.6 Å². The Bertz CT molecular complexity index is 1180. The molecule has 4 rings (SSSR count). The summed E-state index contributed by atoms with van der Waals surface area (Å²) in [6, 6.07) is 11.2. The smallest absolute Gasteiger partial charge is 0.259 e. The number of piperidine rings is 2. The van der Waals surface area contributed by atoms with E-state index in [1.807, 2.05) is 4.90 Å². The summed E-state index contributed by atoms with van der Waals surface area (Å²) in [5.41, 5.74) is 0.889. The van der Waals surface area contributed by atoms with E-state index in [9.17, 15) is 18.0 Å². The van der Waals surface area contributed by atoms with E-state index in [1.165, 1.54) is 29.6 Å². The van der Waals surface area contributed by atoms with Crippen molar-refractivity contribution in [2.24, 2.45) is 5.92 Å². The third-order valence-electron chi connectivity index (χ3n) is 6.84. The number of nitrogens with zero attached hydrogens (tertiary/aromatic N) is 2. The van der Waals surface area contributed by atoms with Crippen molar-refractivity contribution >= 4 is 27.5 Å². The van der Waals surface area contributed by atoms with Crippen molar-refractivity contribution in [2.75, 3.05) is 38.6 Å². The molecule has 0 aliphatic carbocycles. The molecule has 0 radical (unpaired) electrons. The van der Waals surface area contributed by atoms with E-state index in [1.54, 1.807) is 24.3 Å². The van der Waals surface area contributed by atoms with Gasteiger partial charge in [-0.1, -0.05) is 19.1 Å². The number of hydrogen-bond donors (Lipinski definition) is 1. The highest BCUT2D eigenvalue weighted by Crippen LogP contribution is 2.29. The summed E-state index contributed by atoms with van der Waals surface area (Å²) in [5.74, 6) is 0.0909. The van der Waals surface area contributed by atoms with Crippen molar-refractivity contribution in [3.63, 3.8) is 0 Å². The monoisotopic (exact) mass is 499 g/mol. The third kappa shape index (κ3) is 5.51. The van der Waals surface area contributed by atoms with Crippen LogP contribution >= 0.6 is 0 Å². The van der Waals surface area contributed by atoms with Crippen LogP contribution in [0.5, 0.6) is 5.75 Å². The molecule has 188 valence electrons. The van der Waals surface area contributed by atoms with Gasteiger partial charge in [-0.15, -0.1) is 0 Å². The van der Waals surface area contributed by atoms with Gasteiger partial charge in [-0.3, -0.25) is 9.59 Å². The second-order valence-electron chi connectivity index (χ2n) is 9.30. The molecule has 35 heavy (non-hydrogen) atoms. The third-order valence-corrected chi connectivity index (χ3v) is 8.74. The predicted octanol–water partition coefficient (Wildman–Crippen LogP) is 3.99. The summed E-state index contributed by atoms with van der Waals surface area (Å²) in [6.45, 7) is 4.44. The van der Waals surface area contributed by atoms with Crippen LogP contribution in [0.25, 0.3) is 0 Å². The van der Waals surface area contributed by atoms with Gasteiger partial charge in [-0.05, 0) is 68.4 Å². The van der Waals surface area contributed by atoms with Crippen LogP contribution in [0.2, 0.25) is 0 Å². The molecule has 2 aliphatic heterocycles. The molecule has 2 fully saturated rings. The lowest BCUT2D eigenvalue weighted by Crippen LogP contribution is -2.38.